The molecular weight excluding hydrogens is 238 g/mol. The number of hydrogen-bond donors (Lipinski definition) is 2. The molecule has 0 unspecified atom stereocenters. The van der Waals surface area contributed by atoms with Crippen molar-refractivity contribution in [2.75, 3.05) is 6.61 Å². The highest BCUT2D eigenvalue weighted by atomic mass is 16.5. The van der Waals surface area contributed by atoms with E-state index in [1.54, 1.807) is 0 Å². The zero-order valence-electron chi connectivity index (χ0n) is 10.1. The molecular formula is C11H16N3O4+. The Kier molecular flexibility index (Phi) is 7.72. The number of rotatable bonds is 8. The van der Waals surface area contributed by atoms with Crippen LogP contribution in [0.15, 0.2) is 12.7 Å². The third kappa shape index (κ3) is 7.08. The average molecular weight is 254 g/mol. The van der Waals surface area contributed by atoms with Crippen molar-refractivity contribution in [3.8, 4) is 0 Å². The van der Waals surface area contributed by atoms with Crippen molar-refractivity contribution in [3.05, 3.63) is 12.7 Å². The van der Waals surface area contributed by atoms with Crippen molar-refractivity contribution >= 4 is 23.9 Å². The predicted octanol–water partition coefficient (Wildman–Crippen LogP) is -0.120. The molecule has 0 fully saturated rings. The van der Waals surface area contributed by atoms with Crippen molar-refractivity contribution in [2.24, 2.45) is 0 Å². The Labute approximate surface area is 104 Å². The lowest BCUT2D eigenvalue weighted by Gasteiger charge is -2.15. The number of carbonyl (C=O) groups excluding carboxylic acids is 3. The third-order valence-electron chi connectivity index (χ3n) is 1.89. The lowest BCUT2D eigenvalue weighted by Crippen LogP contribution is -2.41. The van der Waals surface area contributed by atoms with Crippen molar-refractivity contribution in [2.45, 2.75) is 25.8 Å². The van der Waals surface area contributed by atoms with E-state index in [1.165, 1.54) is 13.0 Å². The van der Waals surface area contributed by atoms with E-state index in [0.29, 0.717) is 0 Å². The van der Waals surface area contributed by atoms with Gasteiger partial charge in [-0.05, 0) is 6.42 Å². The van der Waals surface area contributed by atoms with Gasteiger partial charge in [0, 0.05) is 13.3 Å². The van der Waals surface area contributed by atoms with Crippen LogP contribution < -0.4 is 5.32 Å². The number of hydrogen-bond acceptors (Lipinski definition) is 5. The first-order chi connectivity index (χ1) is 8.51. The van der Waals surface area contributed by atoms with Gasteiger partial charge in [0.1, 0.15) is 12.6 Å². The van der Waals surface area contributed by atoms with Gasteiger partial charge in [-0.3, -0.25) is 9.59 Å². The fourth-order valence-corrected chi connectivity index (χ4v) is 1.16. The molecule has 0 aromatic heterocycles. The summed E-state index contributed by atoms with van der Waals surface area (Å²) >= 11 is 0. The van der Waals surface area contributed by atoms with E-state index in [4.69, 9.17) is 10.3 Å². The second-order valence-electron chi connectivity index (χ2n) is 3.44. The van der Waals surface area contributed by atoms with Gasteiger partial charge >= 0.3 is 12.2 Å². The molecule has 1 amide bonds. The van der Waals surface area contributed by atoms with E-state index < -0.39 is 23.7 Å². The Morgan fingerprint density at radius 1 is 1.50 bits per heavy atom. The highest BCUT2D eigenvalue weighted by Gasteiger charge is 2.22. The quantitative estimate of drug-likeness (QED) is 0.207. The van der Waals surface area contributed by atoms with Gasteiger partial charge in [0.05, 0.1) is 10.3 Å². The number of ether oxygens (including phenoxy) is 1. The number of amides is 1. The smallest absolute Gasteiger partial charge is 0.372 e. The summed E-state index contributed by atoms with van der Waals surface area (Å²) in [4.78, 5) is 36.4. The normalized spacial score (nSPS) is 10.7. The fraction of sp³-hybridized carbons (Fsp3) is 0.455. The molecule has 0 aliphatic rings. The first-order valence-corrected chi connectivity index (χ1v) is 5.28. The number of carbonyl (C=O) groups is 3. The van der Waals surface area contributed by atoms with Gasteiger partial charge < -0.3 is 10.1 Å². The predicted molar refractivity (Wildman–Crippen MR) is 62.0 cm³/mol. The molecule has 1 atom stereocenters. The topological polar surface area (TPSA) is 110 Å². The maximum absolute atomic E-state index is 11.5. The van der Waals surface area contributed by atoms with Crippen LogP contribution in [0.4, 0.5) is 0 Å². The van der Waals surface area contributed by atoms with E-state index in [2.05, 4.69) is 16.7 Å². The summed E-state index contributed by atoms with van der Waals surface area (Å²) in [6.45, 7) is 4.70. The summed E-state index contributed by atoms with van der Waals surface area (Å²) in [5, 5.41) is 2.39. The van der Waals surface area contributed by atoms with Crippen LogP contribution in [0.5, 0.6) is 0 Å². The molecule has 0 bridgehead atoms. The molecule has 0 saturated heterocycles. The van der Waals surface area contributed by atoms with Crippen LogP contribution in [0.1, 0.15) is 19.8 Å². The van der Waals surface area contributed by atoms with Crippen molar-refractivity contribution in [1.29, 1.82) is 5.53 Å². The van der Waals surface area contributed by atoms with E-state index in [-0.39, 0.29) is 19.4 Å². The third-order valence-corrected chi connectivity index (χ3v) is 1.89. The van der Waals surface area contributed by atoms with Crippen LogP contribution >= 0.6 is 0 Å². The molecule has 7 heteroatoms. The molecule has 0 spiro atoms. The standard InChI is InChI=1S/C11H15N3O4/c1-3-6-18-11(17)10(14-8(2)15)5-4-9(16)7-13-12/h3,7,10,12H,1,4-6H2,2H3/p+1/t10-/m0/s1. The van der Waals surface area contributed by atoms with Gasteiger partial charge in [-0.15, -0.1) is 0 Å². The molecule has 0 aliphatic heterocycles. The molecule has 7 nitrogen and oxygen atoms in total. The zero-order chi connectivity index (χ0) is 14.0. The summed E-state index contributed by atoms with van der Waals surface area (Å²) in [6, 6.07) is -0.884. The minimum atomic E-state index is -0.884. The number of nitrogens with zero attached hydrogens (tertiary/aromatic N) is 1. The maximum Gasteiger partial charge on any atom is 0.372 e. The van der Waals surface area contributed by atoms with E-state index >= 15 is 0 Å². The number of nitrogens with one attached hydrogen (secondary N) is 2. The number of esters is 1. The second kappa shape index (κ2) is 8.83. The van der Waals surface area contributed by atoms with Gasteiger partial charge in [0.2, 0.25) is 11.7 Å². The second-order valence-corrected chi connectivity index (χ2v) is 3.44. The van der Waals surface area contributed by atoms with Gasteiger partial charge in [0.25, 0.3) is 0 Å². The summed E-state index contributed by atoms with van der Waals surface area (Å²) in [5.74, 6) is -1.41. The first kappa shape index (κ1) is 15.7. The Morgan fingerprint density at radius 3 is 2.67 bits per heavy atom. The Bertz CT molecular complexity index is 386. The lowest BCUT2D eigenvalue weighted by atomic mass is 10.1. The molecule has 98 valence electrons. The molecule has 0 saturated carbocycles. The van der Waals surface area contributed by atoms with Gasteiger partial charge in [-0.2, -0.15) is 0 Å². The Morgan fingerprint density at radius 2 is 2.17 bits per heavy atom. The Balaban J connectivity index is 4.43. The Hall–Kier alpha value is -2.27. The largest absolute Gasteiger partial charge is 0.460 e. The monoisotopic (exact) mass is 254 g/mol. The molecule has 0 radical (unpaired) electrons. The molecule has 18 heavy (non-hydrogen) atoms. The molecule has 0 rings (SSSR count). The van der Waals surface area contributed by atoms with Crippen LogP contribution in [-0.2, 0) is 19.1 Å². The minimum Gasteiger partial charge on any atom is -0.460 e. The van der Waals surface area contributed by atoms with Crippen LogP contribution in [-0.4, -0.2) is 41.3 Å². The van der Waals surface area contributed by atoms with Gasteiger partial charge in [-0.1, -0.05) is 12.7 Å². The van der Waals surface area contributed by atoms with Gasteiger partial charge in [-0.25, -0.2) is 4.79 Å². The molecule has 0 aromatic carbocycles. The summed E-state index contributed by atoms with van der Waals surface area (Å²) in [5.41, 5.74) is 6.48. The lowest BCUT2D eigenvalue weighted by molar-refractivity contribution is -0.147. The average Bonchev–Trinajstić information content (AvgIpc) is 2.31. The summed E-state index contributed by atoms with van der Waals surface area (Å²) < 4.78 is 4.79. The van der Waals surface area contributed by atoms with Gasteiger partial charge in [0.15, 0.2) is 0 Å². The van der Waals surface area contributed by atoms with Crippen LogP contribution in [0.3, 0.4) is 0 Å². The number of Topliss-reactive ketones (excluding diaryl/α,β-unsaturated/α-hetero) is 1. The van der Waals surface area contributed by atoms with E-state index in [1.807, 2.05) is 0 Å². The fourth-order valence-electron chi connectivity index (χ4n) is 1.16. The van der Waals surface area contributed by atoms with E-state index in [0.717, 1.165) is 6.21 Å². The van der Waals surface area contributed by atoms with Crippen molar-refractivity contribution < 1.29 is 23.9 Å². The summed E-state index contributed by atoms with van der Waals surface area (Å²) in [7, 11) is 0. The zero-order valence-corrected chi connectivity index (χ0v) is 10.1. The number of ketones is 1. The SMILES string of the molecule is C=CCOC(=O)[C@H](CCC(=O)C=[N+]=N)NC(C)=O. The highest BCUT2D eigenvalue weighted by molar-refractivity contribution is 6.25. The van der Waals surface area contributed by atoms with Crippen molar-refractivity contribution in [3.63, 3.8) is 0 Å². The van der Waals surface area contributed by atoms with Crippen LogP contribution in [0.2, 0.25) is 0 Å². The van der Waals surface area contributed by atoms with Crippen molar-refractivity contribution in [1.82, 2.24) is 5.32 Å². The molecule has 0 aliphatic carbocycles. The van der Waals surface area contributed by atoms with Crippen LogP contribution in [0, 0.1) is 5.53 Å². The minimum absolute atomic E-state index is 0.00346. The molecule has 2 N–H and O–H groups in total. The first-order valence-electron chi connectivity index (χ1n) is 5.28. The van der Waals surface area contributed by atoms with Crippen LogP contribution in [0.25, 0.3) is 0 Å². The van der Waals surface area contributed by atoms with E-state index in [9.17, 15) is 14.4 Å². The summed E-state index contributed by atoms with van der Waals surface area (Å²) in [6.07, 6.45) is 2.34. The molecule has 0 aromatic rings. The maximum atomic E-state index is 11.5. The molecule has 0 heterocycles. The highest BCUT2D eigenvalue weighted by Crippen LogP contribution is 2.01.